The van der Waals surface area contributed by atoms with E-state index in [0.29, 0.717) is 23.6 Å². The summed E-state index contributed by atoms with van der Waals surface area (Å²) in [4.78, 5) is 36.0. The number of rotatable bonds is 8. The van der Waals surface area contributed by atoms with Crippen LogP contribution >= 0.6 is 0 Å². The van der Waals surface area contributed by atoms with Gasteiger partial charge >= 0.3 is 11.9 Å². The standard InChI is InChI=1S/C21H23NO7/c1-26-17-7-5-13(9-18(17)27-2)6-8-19(23)22-16-11-14(20(24)28-3)10-15(12-16)21(25)29-4/h5,7,9-12H,6,8H2,1-4H3,(H,22,23). The highest BCUT2D eigenvalue weighted by Gasteiger charge is 2.15. The molecule has 0 aliphatic carbocycles. The van der Waals surface area contributed by atoms with Crippen LogP contribution in [0.2, 0.25) is 0 Å². The average molecular weight is 401 g/mol. The van der Waals surface area contributed by atoms with Crippen molar-refractivity contribution in [2.75, 3.05) is 33.8 Å². The predicted octanol–water partition coefficient (Wildman–Crippen LogP) is 2.85. The first-order chi connectivity index (χ1) is 13.9. The lowest BCUT2D eigenvalue weighted by molar-refractivity contribution is -0.116. The minimum atomic E-state index is -0.628. The Bertz CT molecular complexity index is 874. The molecule has 0 heterocycles. The van der Waals surface area contributed by atoms with Crippen LogP contribution < -0.4 is 14.8 Å². The number of carbonyl (C=O) groups is 3. The summed E-state index contributed by atoms with van der Waals surface area (Å²) in [6.07, 6.45) is 0.651. The first-order valence-electron chi connectivity index (χ1n) is 8.74. The van der Waals surface area contributed by atoms with Gasteiger partial charge in [0.15, 0.2) is 11.5 Å². The van der Waals surface area contributed by atoms with Crippen molar-refractivity contribution in [2.45, 2.75) is 12.8 Å². The maximum absolute atomic E-state index is 12.4. The Morgan fingerprint density at radius 2 is 1.38 bits per heavy atom. The van der Waals surface area contributed by atoms with Crippen LogP contribution in [0.15, 0.2) is 36.4 Å². The molecule has 0 bridgehead atoms. The van der Waals surface area contributed by atoms with Gasteiger partial charge in [-0.05, 0) is 42.3 Å². The molecule has 0 aliphatic rings. The number of benzene rings is 2. The van der Waals surface area contributed by atoms with Crippen LogP contribution in [0, 0.1) is 0 Å². The third-order valence-electron chi connectivity index (χ3n) is 4.15. The molecule has 1 amide bonds. The van der Waals surface area contributed by atoms with Gasteiger partial charge in [-0.3, -0.25) is 4.79 Å². The zero-order valence-electron chi connectivity index (χ0n) is 16.7. The van der Waals surface area contributed by atoms with Crippen molar-refractivity contribution in [2.24, 2.45) is 0 Å². The van der Waals surface area contributed by atoms with E-state index in [1.54, 1.807) is 26.4 Å². The lowest BCUT2D eigenvalue weighted by Crippen LogP contribution is -2.14. The smallest absolute Gasteiger partial charge is 0.337 e. The van der Waals surface area contributed by atoms with Gasteiger partial charge in [0, 0.05) is 12.1 Å². The second-order valence-electron chi connectivity index (χ2n) is 6.02. The van der Waals surface area contributed by atoms with Crippen molar-refractivity contribution >= 4 is 23.5 Å². The summed E-state index contributed by atoms with van der Waals surface area (Å²) in [5.41, 5.74) is 1.46. The predicted molar refractivity (Wildman–Crippen MR) is 106 cm³/mol. The second kappa shape index (κ2) is 10.1. The maximum atomic E-state index is 12.4. The maximum Gasteiger partial charge on any atom is 0.337 e. The molecule has 29 heavy (non-hydrogen) atoms. The number of aryl methyl sites for hydroxylation is 1. The molecule has 2 aromatic carbocycles. The second-order valence-corrected chi connectivity index (χ2v) is 6.02. The van der Waals surface area contributed by atoms with Crippen LogP contribution in [0.3, 0.4) is 0 Å². The van der Waals surface area contributed by atoms with Gasteiger partial charge in [-0.25, -0.2) is 9.59 Å². The van der Waals surface area contributed by atoms with E-state index in [1.807, 2.05) is 6.07 Å². The van der Waals surface area contributed by atoms with Crippen molar-refractivity contribution in [3.63, 3.8) is 0 Å². The molecule has 0 saturated carbocycles. The summed E-state index contributed by atoms with van der Waals surface area (Å²) in [7, 11) is 5.56. The van der Waals surface area contributed by atoms with Crippen molar-refractivity contribution in [3.8, 4) is 11.5 Å². The van der Waals surface area contributed by atoms with Gasteiger partial charge in [0.2, 0.25) is 5.91 Å². The van der Waals surface area contributed by atoms with Gasteiger partial charge in [0.05, 0.1) is 39.6 Å². The molecule has 0 unspecified atom stereocenters. The van der Waals surface area contributed by atoms with Crippen LogP contribution in [0.5, 0.6) is 11.5 Å². The summed E-state index contributed by atoms with van der Waals surface area (Å²) in [6.45, 7) is 0. The van der Waals surface area contributed by atoms with Crippen molar-refractivity contribution in [1.82, 2.24) is 0 Å². The van der Waals surface area contributed by atoms with Crippen LogP contribution in [0.25, 0.3) is 0 Å². The minimum Gasteiger partial charge on any atom is -0.493 e. The lowest BCUT2D eigenvalue weighted by atomic mass is 10.1. The van der Waals surface area contributed by atoms with E-state index in [1.165, 1.54) is 32.4 Å². The molecule has 0 aliphatic heterocycles. The van der Waals surface area contributed by atoms with Crippen molar-refractivity contribution in [3.05, 3.63) is 53.1 Å². The molecular weight excluding hydrogens is 378 g/mol. The fourth-order valence-electron chi connectivity index (χ4n) is 2.69. The van der Waals surface area contributed by atoms with E-state index >= 15 is 0 Å². The van der Waals surface area contributed by atoms with Gasteiger partial charge in [0.25, 0.3) is 0 Å². The van der Waals surface area contributed by atoms with Crippen LogP contribution in [0.1, 0.15) is 32.7 Å². The fraction of sp³-hybridized carbons (Fsp3) is 0.286. The Morgan fingerprint density at radius 1 is 0.793 bits per heavy atom. The summed E-state index contributed by atoms with van der Waals surface area (Å²) in [5.74, 6) is -0.347. The Morgan fingerprint density at radius 3 is 1.90 bits per heavy atom. The Balaban J connectivity index is 2.11. The summed E-state index contributed by atoms with van der Waals surface area (Å²) in [5, 5.41) is 2.69. The third kappa shape index (κ3) is 5.71. The lowest BCUT2D eigenvalue weighted by Gasteiger charge is -2.11. The molecule has 2 rings (SSSR count). The highest BCUT2D eigenvalue weighted by atomic mass is 16.5. The molecule has 8 heteroatoms. The van der Waals surface area contributed by atoms with Gasteiger partial charge < -0.3 is 24.3 Å². The van der Waals surface area contributed by atoms with Gasteiger partial charge in [-0.2, -0.15) is 0 Å². The van der Waals surface area contributed by atoms with E-state index in [-0.39, 0.29) is 23.5 Å². The molecule has 0 fully saturated rings. The summed E-state index contributed by atoms with van der Waals surface area (Å²) >= 11 is 0. The van der Waals surface area contributed by atoms with Crippen molar-refractivity contribution < 1.29 is 33.3 Å². The fourth-order valence-corrected chi connectivity index (χ4v) is 2.69. The monoisotopic (exact) mass is 401 g/mol. The zero-order valence-corrected chi connectivity index (χ0v) is 16.7. The normalized spacial score (nSPS) is 10.1. The number of methoxy groups -OCH3 is 4. The molecule has 2 aromatic rings. The first-order valence-corrected chi connectivity index (χ1v) is 8.74. The van der Waals surface area contributed by atoms with E-state index < -0.39 is 11.9 Å². The highest BCUT2D eigenvalue weighted by Crippen LogP contribution is 2.28. The topological polar surface area (TPSA) is 100 Å². The molecule has 1 N–H and O–H groups in total. The molecule has 0 aromatic heterocycles. The number of amides is 1. The summed E-state index contributed by atoms with van der Waals surface area (Å²) < 4.78 is 19.8. The Labute approximate surface area is 168 Å². The number of ether oxygens (including phenoxy) is 4. The first kappa shape index (κ1) is 21.7. The molecule has 0 atom stereocenters. The number of carbonyl (C=O) groups excluding carboxylic acids is 3. The van der Waals surface area contributed by atoms with Crippen LogP contribution in [0.4, 0.5) is 5.69 Å². The SMILES string of the molecule is COC(=O)c1cc(NC(=O)CCc2ccc(OC)c(OC)c2)cc(C(=O)OC)c1. The molecule has 0 radical (unpaired) electrons. The minimum absolute atomic E-state index is 0.130. The van der Waals surface area contributed by atoms with E-state index in [4.69, 9.17) is 9.47 Å². The number of nitrogens with one attached hydrogen (secondary N) is 1. The third-order valence-corrected chi connectivity index (χ3v) is 4.15. The quantitative estimate of drug-likeness (QED) is 0.679. The molecule has 0 spiro atoms. The van der Waals surface area contributed by atoms with Crippen LogP contribution in [-0.2, 0) is 20.7 Å². The van der Waals surface area contributed by atoms with Crippen molar-refractivity contribution in [1.29, 1.82) is 0 Å². The molecular formula is C21H23NO7. The Hall–Kier alpha value is -3.55. The van der Waals surface area contributed by atoms with Crippen LogP contribution in [-0.4, -0.2) is 46.3 Å². The molecule has 154 valence electrons. The average Bonchev–Trinajstić information content (AvgIpc) is 2.75. The molecule has 8 nitrogen and oxygen atoms in total. The highest BCUT2D eigenvalue weighted by molar-refractivity contribution is 5.99. The van der Waals surface area contributed by atoms with Gasteiger partial charge in [0.1, 0.15) is 0 Å². The number of anilines is 1. The number of esters is 2. The van der Waals surface area contributed by atoms with E-state index in [0.717, 1.165) is 5.56 Å². The Kier molecular flexibility index (Phi) is 7.59. The van der Waals surface area contributed by atoms with Gasteiger partial charge in [-0.15, -0.1) is 0 Å². The summed E-state index contributed by atoms with van der Waals surface area (Å²) in [6, 6.07) is 9.64. The van der Waals surface area contributed by atoms with Gasteiger partial charge in [-0.1, -0.05) is 6.07 Å². The zero-order chi connectivity index (χ0) is 21.4. The molecule has 0 saturated heterocycles. The van der Waals surface area contributed by atoms with E-state index in [2.05, 4.69) is 14.8 Å². The number of hydrogen-bond donors (Lipinski definition) is 1. The largest absolute Gasteiger partial charge is 0.493 e. The number of hydrogen-bond acceptors (Lipinski definition) is 7. The van der Waals surface area contributed by atoms with E-state index in [9.17, 15) is 14.4 Å².